The van der Waals surface area contributed by atoms with Gasteiger partial charge in [-0.15, -0.1) is 0 Å². The summed E-state index contributed by atoms with van der Waals surface area (Å²) in [5, 5.41) is 5.02. The highest BCUT2D eigenvalue weighted by molar-refractivity contribution is 9.10. The van der Waals surface area contributed by atoms with Gasteiger partial charge in [-0.3, -0.25) is 4.79 Å². The van der Waals surface area contributed by atoms with Gasteiger partial charge in [-0.2, -0.15) is 0 Å². The molecule has 8 heteroatoms. The van der Waals surface area contributed by atoms with E-state index in [1.54, 1.807) is 4.90 Å². The average Bonchev–Trinajstić information content (AvgIpc) is 2.66. The van der Waals surface area contributed by atoms with Gasteiger partial charge in [-0.25, -0.2) is 13.6 Å². The van der Waals surface area contributed by atoms with Gasteiger partial charge in [0.1, 0.15) is 4.90 Å². The van der Waals surface area contributed by atoms with Gasteiger partial charge >= 0.3 is 0 Å². The molecule has 1 aromatic rings. The van der Waals surface area contributed by atoms with Gasteiger partial charge < -0.3 is 9.32 Å². The second-order valence-electron chi connectivity index (χ2n) is 4.39. The minimum Gasteiger partial charge on any atom is -0.443 e. The topological polar surface area (TPSA) is 93.6 Å². The lowest BCUT2D eigenvalue weighted by Crippen LogP contribution is -2.37. The number of sulfonamides is 1. The summed E-state index contributed by atoms with van der Waals surface area (Å²) in [6.45, 7) is 6.29. The first-order valence-corrected chi connectivity index (χ1v) is 8.15. The average molecular weight is 353 g/mol. The minimum absolute atomic E-state index is 0.00532. The zero-order chi connectivity index (χ0) is 14.8. The van der Waals surface area contributed by atoms with Crippen LogP contribution in [0, 0.1) is 0 Å². The predicted molar refractivity (Wildman–Crippen MR) is 74.2 cm³/mol. The number of carbonyl (C=O) groups excluding carboxylic acids is 1. The maximum Gasteiger partial charge on any atom is 0.289 e. The van der Waals surface area contributed by atoms with E-state index in [0.29, 0.717) is 6.54 Å². The standard InChI is InChI=1S/C11H17BrN2O4S/c1-4-5-14(7(2)3)11(15)8-6-9(10(12)18-8)19(13,16)17/h6-7H,4-5H2,1-3H3,(H2,13,16,17). The molecule has 19 heavy (non-hydrogen) atoms. The Morgan fingerprint density at radius 3 is 2.47 bits per heavy atom. The Hall–Kier alpha value is -0.860. The monoisotopic (exact) mass is 352 g/mol. The number of rotatable bonds is 5. The zero-order valence-electron chi connectivity index (χ0n) is 11.0. The molecule has 0 atom stereocenters. The summed E-state index contributed by atoms with van der Waals surface area (Å²) in [7, 11) is -3.92. The van der Waals surface area contributed by atoms with Crippen LogP contribution in [0.2, 0.25) is 0 Å². The maximum atomic E-state index is 12.2. The number of primary sulfonamides is 1. The number of furan rings is 1. The summed E-state index contributed by atoms with van der Waals surface area (Å²) in [6, 6.07) is 1.14. The van der Waals surface area contributed by atoms with Crippen molar-refractivity contribution in [2.24, 2.45) is 5.14 Å². The van der Waals surface area contributed by atoms with Crippen molar-refractivity contribution in [3.8, 4) is 0 Å². The lowest BCUT2D eigenvalue weighted by Gasteiger charge is -2.25. The first-order chi connectivity index (χ1) is 8.68. The van der Waals surface area contributed by atoms with Gasteiger partial charge in [0.15, 0.2) is 10.4 Å². The van der Waals surface area contributed by atoms with Crippen LogP contribution in [0.5, 0.6) is 0 Å². The zero-order valence-corrected chi connectivity index (χ0v) is 13.4. The molecular formula is C11H17BrN2O4S. The molecule has 0 saturated heterocycles. The molecule has 0 spiro atoms. The molecule has 2 N–H and O–H groups in total. The van der Waals surface area contributed by atoms with E-state index in [0.717, 1.165) is 12.5 Å². The van der Waals surface area contributed by atoms with E-state index < -0.39 is 10.0 Å². The molecule has 1 amide bonds. The van der Waals surface area contributed by atoms with Gasteiger partial charge in [-0.05, 0) is 36.2 Å². The molecule has 0 fully saturated rings. The van der Waals surface area contributed by atoms with Crippen molar-refractivity contribution in [2.45, 2.75) is 38.1 Å². The highest BCUT2D eigenvalue weighted by Gasteiger charge is 2.26. The molecular weight excluding hydrogens is 336 g/mol. The number of hydrogen-bond acceptors (Lipinski definition) is 4. The van der Waals surface area contributed by atoms with E-state index in [1.807, 2.05) is 20.8 Å². The van der Waals surface area contributed by atoms with Crippen LogP contribution >= 0.6 is 15.9 Å². The highest BCUT2D eigenvalue weighted by Crippen LogP contribution is 2.26. The predicted octanol–water partition coefficient (Wildman–Crippen LogP) is 1.95. The molecule has 0 aliphatic rings. The quantitative estimate of drug-likeness (QED) is 0.875. The number of hydrogen-bond donors (Lipinski definition) is 1. The molecule has 108 valence electrons. The molecule has 0 aromatic carbocycles. The number of amides is 1. The van der Waals surface area contributed by atoms with Crippen LogP contribution in [0.15, 0.2) is 20.0 Å². The van der Waals surface area contributed by atoms with Crippen molar-refractivity contribution in [1.29, 1.82) is 0 Å². The van der Waals surface area contributed by atoms with Crippen molar-refractivity contribution in [2.75, 3.05) is 6.54 Å². The van der Waals surface area contributed by atoms with Crippen molar-refractivity contribution in [3.05, 3.63) is 16.5 Å². The molecule has 0 unspecified atom stereocenters. The van der Waals surface area contributed by atoms with Crippen LogP contribution in [0.25, 0.3) is 0 Å². The molecule has 1 heterocycles. The van der Waals surface area contributed by atoms with Gasteiger partial charge in [0.2, 0.25) is 10.0 Å². The second-order valence-corrected chi connectivity index (χ2v) is 6.64. The van der Waals surface area contributed by atoms with Crippen LogP contribution in [0.1, 0.15) is 37.7 Å². The molecule has 0 aliphatic heterocycles. The molecule has 1 rings (SSSR count). The summed E-state index contributed by atoms with van der Waals surface area (Å²) in [5.41, 5.74) is 0. The third kappa shape index (κ3) is 3.80. The lowest BCUT2D eigenvalue weighted by atomic mass is 10.2. The number of carbonyl (C=O) groups is 1. The molecule has 0 radical (unpaired) electrons. The Labute approximate surface area is 121 Å². The Morgan fingerprint density at radius 2 is 2.11 bits per heavy atom. The smallest absolute Gasteiger partial charge is 0.289 e. The van der Waals surface area contributed by atoms with Crippen LogP contribution in [-0.2, 0) is 10.0 Å². The number of nitrogens with zero attached hydrogens (tertiary/aromatic N) is 1. The molecule has 0 saturated carbocycles. The highest BCUT2D eigenvalue weighted by atomic mass is 79.9. The molecule has 6 nitrogen and oxygen atoms in total. The Balaban J connectivity index is 3.13. The van der Waals surface area contributed by atoms with Crippen LogP contribution < -0.4 is 5.14 Å². The third-order valence-corrected chi connectivity index (χ3v) is 4.29. The fourth-order valence-corrected chi connectivity index (χ4v) is 3.13. The number of halogens is 1. The summed E-state index contributed by atoms with van der Waals surface area (Å²) in [6.07, 6.45) is 0.799. The summed E-state index contributed by atoms with van der Waals surface area (Å²) >= 11 is 2.95. The Bertz CT molecular complexity index is 565. The van der Waals surface area contributed by atoms with Crippen LogP contribution in [-0.4, -0.2) is 31.8 Å². The molecule has 0 bridgehead atoms. The second kappa shape index (κ2) is 6.06. The van der Waals surface area contributed by atoms with Gasteiger partial charge in [0, 0.05) is 18.7 Å². The lowest BCUT2D eigenvalue weighted by molar-refractivity contribution is 0.0672. The molecule has 1 aromatic heterocycles. The molecule has 0 aliphatic carbocycles. The SMILES string of the molecule is CCCN(C(=O)c1cc(S(N)(=O)=O)c(Br)o1)C(C)C. The van der Waals surface area contributed by atoms with E-state index >= 15 is 0 Å². The largest absolute Gasteiger partial charge is 0.443 e. The van der Waals surface area contributed by atoms with Gasteiger partial charge in [0.25, 0.3) is 5.91 Å². The summed E-state index contributed by atoms with van der Waals surface area (Å²) in [4.78, 5) is 13.6. The third-order valence-electron chi connectivity index (χ3n) is 2.52. The van der Waals surface area contributed by atoms with E-state index in [2.05, 4.69) is 15.9 Å². The fourth-order valence-electron chi connectivity index (χ4n) is 1.63. The Morgan fingerprint density at radius 1 is 1.53 bits per heavy atom. The number of nitrogens with two attached hydrogens (primary N) is 1. The fraction of sp³-hybridized carbons (Fsp3) is 0.545. The Kier molecular flexibility index (Phi) is 5.17. The first-order valence-electron chi connectivity index (χ1n) is 5.81. The van der Waals surface area contributed by atoms with Crippen molar-refractivity contribution in [1.82, 2.24) is 4.90 Å². The van der Waals surface area contributed by atoms with Crippen molar-refractivity contribution >= 4 is 31.9 Å². The van der Waals surface area contributed by atoms with Crippen molar-refractivity contribution in [3.63, 3.8) is 0 Å². The van der Waals surface area contributed by atoms with E-state index in [-0.39, 0.29) is 27.3 Å². The summed E-state index contributed by atoms with van der Waals surface area (Å²) in [5.74, 6) is -0.398. The van der Waals surface area contributed by atoms with Crippen molar-refractivity contribution < 1.29 is 17.6 Å². The van der Waals surface area contributed by atoms with Gasteiger partial charge in [-0.1, -0.05) is 6.92 Å². The van der Waals surface area contributed by atoms with E-state index in [9.17, 15) is 13.2 Å². The van der Waals surface area contributed by atoms with Crippen LogP contribution in [0.4, 0.5) is 0 Å². The van der Waals surface area contributed by atoms with Gasteiger partial charge in [0.05, 0.1) is 0 Å². The first kappa shape index (κ1) is 16.2. The van der Waals surface area contributed by atoms with E-state index in [1.165, 1.54) is 0 Å². The normalized spacial score (nSPS) is 11.9. The maximum absolute atomic E-state index is 12.2. The van der Waals surface area contributed by atoms with Crippen LogP contribution in [0.3, 0.4) is 0 Å². The minimum atomic E-state index is -3.92. The summed E-state index contributed by atoms with van der Waals surface area (Å²) < 4.78 is 27.7. The van der Waals surface area contributed by atoms with E-state index in [4.69, 9.17) is 9.56 Å².